The second-order valence-electron chi connectivity index (χ2n) is 3.87. The first-order chi connectivity index (χ1) is 8.21. The van der Waals surface area contributed by atoms with Crippen LogP contribution in [0.5, 0.6) is 0 Å². The summed E-state index contributed by atoms with van der Waals surface area (Å²) in [5, 5.41) is 9.05. The zero-order chi connectivity index (χ0) is 14.1. The van der Waals surface area contributed by atoms with Crippen LogP contribution in [-0.2, 0) is 10.0 Å². The van der Waals surface area contributed by atoms with Crippen LogP contribution < -0.4 is 5.73 Å². The minimum atomic E-state index is -3.70. The van der Waals surface area contributed by atoms with Crippen molar-refractivity contribution in [2.45, 2.75) is 17.9 Å². The normalized spacial score (nSPS) is 13.9. The van der Waals surface area contributed by atoms with Gasteiger partial charge in [-0.2, -0.15) is 4.31 Å². The zero-order valence-electron chi connectivity index (χ0n) is 9.89. The summed E-state index contributed by atoms with van der Waals surface area (Å²) in [6.45, 7) is 1.37. The molecule has 0 bridgehead atoms. The SMILES string of the molecule is CC(CO)N(C)S(=O)(=O)c1c(Br)cc(N)cc1Br. The first-order valence-electron chi connectivity index (χ1n) is 5.05. The predicted octanol–water partition coefficient (Wildman–Crippen LogP) is 1.80. The fourth-order valence-corrected chi connectivity index (χ4v) is 5.21. The van der Waals surface area contributed by atoms with Crippen molar-refractivity contribution in [3.63, 3.8) is 0 Å². The lowest BCUT2D eigenvalue weighted by Gasteiger charge is -2.23. The number of likely N-dealkylation sites (N-methyl/N-ethyl adjacent to an activating group) is 1. The fraction of sp³-hybridized carbons (Fsp3) is 0.400. The van der Waals surface area contributed by atoms with E-state index in [0.29, 0.717) is 14.6 Å². The van der Waals surface area contributed by atoms with Gasteiger partial charge >= 0.3 is 0 Å². The van der Waals surface area contributed by atoms with E-state index in [1.165, 1.54) is 19.2 Å². The van der Waals surface area contributed by atoms with Crippen LogP contribution in [0.3, 0.4) is 0 Å². The third-order valence-corrected chi connectivity index (χ3v) is 6.39. The van der Waals surface area contributed by atoms with Crippen LogP contribution in [-0.4, -0.2) is 37.5 Å². The fourth-order valence-electron chi connectivity index (χ4n) is 1.32. The third-order valence-electron chi connectivity index (χ3n) is 2.54. The van der Waals surface area contributed by atoms with Crippen LogP contribution in [0.4, 0.5) is 5.69 Å². The Bertz CT molecular complexity index is 525. The maximum atomic E-state index is 12.4. The van der Waals surface area contributed by atoms with E-state index >= 15 is 0 Å². The summed E-state index contributed by atoms with van der Waals surface area (Å²) in [4.78, 5) is 0.0968. The van der Waals surface area contributed by atoms with E-state index < -0.39 is 16.1 Å². The van der Waals surface area contributed by atoms with Gasteiger partial charge in [0.15, 0.2) is 0 Å². The molecule has 3 N–H and O–H groups in total. The van der Waals surface area contributed by atoms with Crippen LogP contribution in [0, 0.1) is 0 Å². The van der Waals surface area contributed by atoms with Gasteiger partial charge in [0.1, 0.15) is 4.90 Å². The number of hydrogen-bond donors (Lipinski definition) is 2. The minimum Gasteiger partial charge on any atom is -0.399 e. The molecular weight excluding hydrogens is 388 g/mol. The van der Waals surface area contributed by atoms with Crippen molar-refractivity contribution in [2.75, 3.05) is 19.4 Å². The van der Waals surface area contributed by atoms with E-state index in [-0.39, 0.29) is 11.5 Å². The van der Waals surface area contributed by atoms with Crippen molar-refractivity contribution in [1.82, 2.24) is 4.31 Å². The topological polar surface area (TPSA) is 83.6 Å². The van der Waals surface area contributed by atoms with Crippen molar-refractivity contribution in [1.29, 1.82) is 0 Å². The summed E-state index contributed by atoms with van der Waals surface area (Å²) < 4.78 is 26.7. The van der Waals surface area contributed by atoms with Crippen LogP contribution in [0.25, 0.3) is 0 Å². The Labute approximate surface area is 123 Å². The summed E-state index contributed by atoms with van der Waals surface area (Å²) >= 11 is 6.39. The number of benzene rings is 1. The van der Waals surface area contributed by atoms with Gasteiger partial charge in [-0.25, -0.2) is 8.42 Å². The molecule has 1 atom stereocenters. The largest absolute Gasteiger partial charge is 0.399 e. The molecule has 18 heavy (non-hydrogen) atoms. The molecule has 0 amide bonds. The Balaban J connectivity index is 3.38. The first-order valence-corrected chi connectivity index (χ1v) is 8.07. The number of hydrogen-bond acceptors (Lipinski definition) is 4. The molecule has 0 saturated heterocycles. The summed E-state index contributed by atoms with van der Waals surface area (Å²) in [5.74, 6) is 0. The lowest BCUT2D eigenvalue weighted by molar-refractivity contribution is 0.213. The van der Waals surface area contributed by atoms with Gasteiger partial charge in [-0.3, -0.25) is 0 Å². The molecule has 0 heterocycles. The number of nitrogens with two attached hydrogens (primary N) is 1. The van der Waals surface area contributed by atoms with E-state index in [1.807, 2.05) is 0 Å². The van der Waals surface area contributed by atoms with Crippen LogP contribution in [0.1, 0.15) is 6.92 Å². The Kier molecular flexibility index (Phi) is 5.19. The third kappa shape index (κ3) is 3.05. The Morgan fingerprint density at radius 1 is 1.39 bits per heavy atom. The van der Waals surface area contributed by atoms with Gasteiger partial charge in [-0.05, 0) is 50.9 Å². The summed E-state index contributed by atoms with van der Waals surface area (Å²) in [6.07, 6.45) is 0. The molecule has 0 aliphatic carbocycles. The Morgan fingerprint density at radius 3 is 2.22 bits per heavy atom. The molecule has 0 radical (unpaired) electrons. The number of aliphatic hydroxyl groups excluding tert-OH is 1. The van der Waals surface area contributed by atoms with Gasteiger partial charge < -0.3 is 10.8 Å². The van der Waals surface area contributed by atoms with Crippen LogP contribution in [0.15, 0.2) is 26.0 Å². The van der Waals surface area contributed by atoms with Crippen molar-refractivity contribution >= 4 is 47.6 Å². The van der Waals surface area contributed by atoms with Crippen molar-refractivity contribution in [2.24, 2.45) is 0 Å². The lowest BCUT2D eigenvalue weighted by atomic mass is 10.3. The molecule has 0 aromatic heterocycles. The highest BCUT2D eigenvalue weighted by Crippen LogP contribution is 2.34. The standard InChI is InChI=1S/C10H14Br2N2O3S/c1-6(5-15)14(2)18(16,17)10-8(11)3-7(13)4-9(10)12/h3-4,6,15H,5,13H2,1-2H3. The highest BCUT2D eigenvalue weighted by Gasteiger charge is 2.29. The van der Waals surface area contributed by atoms with Gasteiger partial charge in [-0.1, -0.05) is 0 Å². The maximum absolute atomic E-state index is 12.4. The van der Waals surface area contributed by atoms with Gasteiger partial charge in [-0.15, -0.1) is 0 Å². The van der Waals surface area contributed by atoms with Gasteiger partial charge in [0.25, 0.3) is 0 Å². The average Bonchev–Trinajstić information content (AvgIpc) is 2.24. The van der Waals surface area contributed by atoms with Crippen molar-refractivity contribution in [3.05, 3.63) is 21.1 Å². The quantitative estimate of drug-likeness (QED) is 0.753. The molecule has 5 nitrogen and oxygen atoms in total. The van der Waals surface area contributed by atoms with Crippen molar-refractivity contribution in [3.8, 4) is 0 Å². The Morgan fingerprint density at radius 2 is 1.83 bits per heavy atom. The van der Waals surface area contributed by atoms with Crippen LogP contribution >= 0.6 is 31.9 Å². The number of nitrogens with zero attached hydrogens (tertiary/aromatic N) is 1. The maximum Gasteiger partial charge on any atom is 0.245 e. The second kappa shape index (κ2) is 5.87. The molecule has 0 spiro atoms. The monoisotopic (exact) mass is 400 g/mol. The number of halogens is 2. The minimum absolute atomic E-state index is 0.0968. The summed E-state index contributed by atoms with van der Waals surface area (Å²) in [5.41, 5.74) is 6.07. The van der Waals surface area contributed by atoms with Gasteiger partial charge in [0.05, 0.1) is 6.61 Å². The molecule has 0 aliphatic rings. The molecular formula is C10H14Br2N2O3S. The number of aliphatic hydroxyl groups is 1. The molecule has 102 valence electrons. The summed E-state index contributed by atoms with van der Waals surface area (Å²) in [7, 11) is -2.28. The average molecular weight is 402 g/mol. The number of rotatable bonds is 4. The molecule has 1 aromatic carbocycles. The van der Waals surface area contributed by atoms with E-state index in [2.05, 4.69) is 31.9 Å². The molecule has 0 fully saturated rings. The summed E-state index contributed by atoms with van der Waals surface area (Å²) in [6, 6.07) is 2.54. The van der Waals surface area contributed by atoms with E-state index in [0.717, 1.165) is 4.31 Å². The number of sulfonamides is 1. The number of nitrogen functional groups attached to an aromatic ring is 1. The zero-order valence-corrected chi connectivity index (χ0v) is 13.9. The Hall–Kier alpha value is -0.150. The van der Waals surface area contributed by atoms with Crippen LogP contribution in [0.2, 0.25) is 0 Å². The highest BCUT2D eigenvalue weighted by molar-refractivity contribution is 9.11. The van der Waals surface area contributed by atoms with Gasteiger partial charge in [0, 0.05) is 27.7 Å². The second-order valence-corrected chi connectivity index (χ2v) is 7.51. The predicted molar refractivity (Wildman–Crippen MR) is 77.8 cm³/mol. The molecule has 1 aromatic rings. The van der Waals surface area contributed by atoms with Crippen molar-refractivity contribution < 1.29 is 13.5 Å². The molecule has 0 aliphatic heterocycles. The van der Waals surface area contributed by atoms with E-state index in [1.54, 1.807) is 6.92 Å². The molecule has 1 unspecified atom stereocenters. The molecule has 0 saturated carbocycles. The first kappa shape index (κ1) is 15.9. The highest BCUT2D eigenvalue weighted by atomic mass is 79.9. The lowest BCUT2D eigenvalue weighted by Crippen LogP contribution is -2.37. The smallest absolute Gasteiger partial charge is 0.245 e. The number of anilines is 1. The van der Waals surface area contributed by atoms with E-state index in [9.17, 15) is 8.42 Å². The van der Waals surface area contributed by atoms with E-state index in [4.69, 9.17) is 10.8 Å². The van der Waals surface area contributed by atoms with Gasteiger partial charge in [0.2, 0.25) is 10.0 Å². The molecule has 8 heteroatoms. The molecule has 1 rings (SSSR count).